The molecule has 2 aromatic carbocycles. The van der Waals surface area contributed by atoms with E-state index in [0.717, 1.165) is 38.3 Å². The molecule has 6 heteroatoms. The quantitative estimate of drug-likeness (QED) is 0.806. The maximum atomic E-state index is 12.0. The Hall–Kier alpha value is -2.21. The highest BCUT2D eigenvalue weighted by atomic mass is 32.2. The third-order valence-electron chi connectivity index (χ3n) is 4.67. The third-order valence-corrected chi connectivity index (χ3v) is 6.05. The van der Waals surface area contributed by atoms with Crippen LogP contribution >= 0.6 is 0 Å². The van der Waals surface area contributed by atoms with Crippen LogP contribution in [-0.2, 0) is 10.0 Å². The Kier molecular flexibility index (Phi) is 6.04. The van der Waals surface area contributed by atoms with E-state index >= 15 is 0 Å². The Balaban J connectivity index is 1.56. The molecule has 0 amide bonds. The first-order valence-corrected chi connectivity index (χ1v) is 10.9. The summed E-state index contributed by atoms with van der Waals surface area (Å²) in [5.74, 6) is 0.173. The number of sulfonamides is 1. The molecule has 0 radical (unpaired) electrons. The lowest BCUT2D eigenvalue weighted by atomic mass is 10.2. The van der Waals surface area contributed by atoms with E-state index < -0.39 is 10.0 Å². The normalized spacial score (nSPS) is 15.1. The van der Waals surface area contributed by atoms with Gasteiger partial charge in [0.15, 0.2) is 0 Å². The van der Waals surface area contributed by atoms with Crippen molar-refractivity contribution in [2.24, 2.45) is 0 Å². The summed E-state index contributed by atoms with van der Waals surface area (Å²) in [6.45, 7) is 5.86. The van der Waals surface area contributed by atoms with Crippen molar-refractivity contribution in [3.8, 4) is 0 Å². The number of piperazine rings is 1. The molecule has 1 N–H and O–H groups in total. The highest BCUT2D eigenvalue weighted by Crippen LogP contribution is 2.22. The van der Waals surface area contributed by atoms with E-state index in [0.29, 0.717) is 12.1 Å². The molecule has 0 unspecified atom stereocenters. The molecule has 5 nitrogen and oxygen atoms in total. The molecule has 0 spiro atoms. The molecule has 1 aliphatic rings. The number of nitrogens with one attached hydrogen (secondary N) is 1. The first-order valence-electron chi connectivity index (χ1n) is 9.23. The lowest BCUT2D eigenvalue weighted by Crippen LogP contribution is -2.46. The summed E-state index contributed by atoms with van der Waals surface area (Å²) >= 11 is 0. The van der Waals surface area contributed by atoms with E-state index in [-0.39, 0.29) is 5.75 Å². The smallest absolute Gasteiger partial charge is 0.232 e. The Morgan fingerprint density at radius 2 is 1.38 bits per heavy atom. The number of benzene rings is 2. The van der Waals surface area contributed by atoms with Crippen molar-refractivity contribution in [2.45, 2.75) is 19.8 Å². The van der Waals surface area contributed by atoms with E-state index in [4.69, 9.17) is 0 Å². The van der Waals surface area contributed by atoms with Gasteiger partial charge in [0.25, 0.3) is 0 Å². The maximum absolute atomic E-state index is 12.0. The zero-order valence-corrected chi connectivity index (χ0v) is 16.1. The molecule has 0 aromatic heterocycles. The average molecular weight is 374 g/mol. The zero-order chi connectivity index (χ0) is 18.4. The predicted octanol–water partition coefficient (Wildman–Crippen LogP) is 3.56. The second-order valence-electron chi connectivity index (χ2n) is 6.63. The van der Waals surface area contributed by atoms with Gasteiger partial charge in [-0.15, -0.1) is 0 Å². The van der Waals surface area contributed by atoms with Crippen LogP contribution in [0.4, 0.5) is 17.1 Å². The number of anilines is 3. The van der Waals surface area contributed by atoms with Gasteiger partial charge in [0.05, 0.1) is 5.75 Å². The fraction of sp³-hybridized carbons (Fsp3) is 0.400. The second kappa shape index (κ2) is 8.45. The van der Waals surface area contributed by atoms with Crippen molar-refractivity contribution >= 4 is 27.1 Å². The van der Waals surface area contributed by atoms with Crippen LogP contribution in [0.2, 0.25) is 0 Å². The molecule has 0 saturated carbocycles. The van der Waals surface area contributed by atoms with Gasteiger partial charge in [-0.1, -0.05) is 31.5 Å². The average Bonchev–Trinajstić information content (AvgIpc) is 2.68. The Morgan fingerprint density at radius 3 is 1.92 bits per heavy atom. The molecule has 0 atom stereocenters. The highest BCUT2D eigenvalue weighted by Gasteiger charge is 2.17. The van der Waals surface area contributed by atoms with Crippen molar-refractivity contribution in [1.82, 2.24) is 0 Å². The first kappa shape index (κ1) is 18.6. The Labute approximate surface area is 156 Å². The molecule has 1 fully saturated rings. The number of unbranched alkanes of at least 4 members (excludes halogenated alkanes) is 1. The minimum Gasteiger partial charge on any atom is -0.368 e. The lowest BCUT2D eigenvalue weighted by Gasteiger charge is -2.37. The molecular formula is C20H27N3O2S. The largest absolute Gasteiger partial charge is 0.368 e. The van der Waals surface area contributed by atoms with Crippen molar-refractivity contribution in [2.75, 3.05) is 46.5 Å². The number of rotatable bonds is 7. The first-order chi connectivity index (χ1) is 12.6. The molecule has 1 saturated heterocycles. The van der Waals surface area contributed by atoms with E-state index in [1.807, 2.05) is 37.3 Å². The van der Waals surface area contributed by atoms with Gasteiger partial charge in [-0.3, -0.25) is 4.72 Å². The van der Waals surface area contributed by atoms with Gasteiger partial charge in [0.2, 0.25) is 10.0 Å². The summed E-state index contributed by atoms with van der Waals surface area (Å²) in [4.78, 5) is 4.74. The van der Waals surface area contributed by atoms with Crippen LogP contribution in [0, 0.1) is 0 Å². The SMILES string of the molecule is CCCCS(=O)(=O)Nc1ccc(N2CCN(c3ccccc3)CC2)cc1. The van der Waals surface area contributed by atoms with Crippen molar-refractivity contribution in [3.63, 3.8) is 0 Å². The van der Waals surface area contributed by atoms with Crippen molar-refractivity contribution in [1.29, 1.82) is 0 Å². The number of nitrogens with zero attached hydrogens (tertiary/aromatic N) is 2. The van der Waals surface area contributed by atoms with E-state index in [1.165, 1.54) is 5.69 Å². The summed E-state index contributed by atoms with van der Waals surface area (Å²) in [6.07, 6.45) is 1.55. The molecule has 2 aromatic rings. The number of hydrogen-bond donors (Lipinski definition) is 1. The highest BCUT2D eigenvalue weighted by molar-refractivity contribution is 7.92. The van der Waals surface area contributed by atoms with Crippen LogP contribution in [0.25, 0.3) is 0 Å². The van der Waals surface area contributed by atoms with Crippen LogP contribution in [0.5, 0.6) is 0 Å². The van der Waals surface area contributed by atoms with Crippen LogP contribution in [0.1, 0.15) is 19.8 Å². The predicted molar refractivity (Wildman–Crippen MR) is 110 cm³/mol. The van der Waals surface area contributed by atoms with Crippen LogP contribution in [0.15, 0.2) is 54.6 Å². The zero-order valence-electron chi connectivity index (χ0n) is 15.3. The van der Waals surface area contributed by atoms with Gasteiger partial charge in [-0.05, 0) is 42.8 Å². The summed E-state index contributed by atoms with van der Waals surface area (Å²) in [5.41, 5.74) is 3.03. The van der Waals surface area contributed by atoms with Gasteiger partial charge in [-0.25, -0.2) is 8.42 Å². The molecule has 3 rings (SSSR count). The van der Waals surface area contributed by atoms with Gasteiger partial charge < -0.3 is 9.80 Å². The van der Waals surface area contributed by atoms with Crippen LogP contribution < -0.4 is 14.5 Å². The molecule has 1 aliphatic heterocycles. The summed E-state index contributed by atoms with van der Waals surface area (Å²) < 4.78 is 26.6. The second-order valence-corrected chi connectivity index (χ2v) is 8.47. The van der Waals surface area contributed by atoms with E-state index in [9.17, 15) is 8.42 Å². The fourth-order valence-corrected chi connectivity index (χ4v) is 4.43. The minimum atomic E-state index is -3.24. The summed E-state index contributed by atoms with van der Waals surface area (Å²) in [6, 6.07) is 18.2. The molecular weight excluding hydrogens is 346 g/mol. The monoisotopic (exact) mass is 373 g/mol. The maximum Gasteiger partial charge on any atom is 0.232 e. The van der Waals surface area contributed by atoms with Crippen LogP contribution in [0.3, 0.4) is 0 Å². The lowest BCUT2D eigenvalue weighted by molar-refractivity contribution is 0.598. The minimum absolute atomic E-state index is 0.173. The number of para-hydroxylation sites is 1. The van der Waals surface area contributed by atoms with Gasteiger partial charge in [-0.2, -0.15) is 0 Å². The Morgan fingerprint density at radius 1 is 0.846 bits per heavy atom. The summed E-state index contributed by atoms with van der Waals surface area (Å²) in [5, 5.41) is 0. The van der Waals surface area contributed by atoms with E-state index in [2.05, 4.69) is 38.8 Å². The summed E-state index contributed by atoms with van der Waals surface area (Å²) in [7, 11) is -3.24. The molecule has 26 heavy (non-hydrogen) atoms. The number of hydrogen-bond acceptors (Lipinski definition) is 4. The van der Waals surface area contributed by atoms with Crippen LogP contribution in [-0.4, -0.2) is 40.3 Å². The van der Waals surface area contributed by atoms with E-state index in [1.54, 1.807) is 0 Å². The molecule has 0 aliphatic carbocycles. The molecule has 0 bridgehead atoms. The van der Waals surface area contributed by atoms with Gasteiger partial charge in [0.1, 0.15) is 0 Å². The molecule has 140 valence electrons. The van der Waals surface area contributed by atoms with Gasteiger partial charge >= 0.3 is 0 Å². The van der Waals surface area contributed by atoms with Crippen molar-refractivity contribution < 1.29 is 8.42 Å². The van der Waals surface area contributed by atoms with Gasteiger partial charge in [0, 0.05) is 43.2 Å². The topological polar surface area (TPSA) is 52.7 Å². The third kappa shape index (κ3) is 4.91. The Bertz CT molecular complexity index is 784. The fourth-order valence-electron chi connectivity index (χ4n) is 3.17. The van der Waals surface area contributed by atoms with Crippen molar-refractivity contribution in [3.05, 3.63) is 54.6 Å². The standard InChI is InChI=1S/C20H27N3O2S/c1-2-3-17-26(24,25)21-18-9-11-20(12-10-18)23-15-13-22(14-16-23)19-7-5-4-6-8-19/h4-12,21H,2-3,13-17H2,1H3. The molecule has 1 heterocycles.